The van der Waals surface area contributed by atoms with Gasteiger partial charge in [0, 0.05) is 30.1 Å². The Kier molecular flexibility index (Phi) is 4.81. The molecule has 4 aliphatic carbocycles. The van der Waals surface area contributed by atoms with Crippen molar-refractivity contribution < 1.29 is 9.32 Å². The van der Waals surface area contributed by atoms with Gasteiger partial charge in [-0.2, -0.15) is 4.98 Å². The number of nitrogens with one attached hydrogen (secondary N) is 1. The molecular formula is C26H28N4O2. The van der Waals surface area contributed by atoms with Crippen molar-refractivity contribution in [1.29, 1.82) is 0 Å². The van der Waals surface area contributed by atoms with Crippen LogP contribution in [0, 0.1) is 23.2 Å². The Bertz CT molecular complexity index is 1090. The van der Waals surface area contributed by atoms with Crippen molar-refractivity contribution in [3.63, 3.8) is 0 Å². The molecule has 1 N–H and O–H groups in total. The zero-order chi connectivity index (χ0) is 21.5. The van der Waals surface area contributed by atoms with Crippen LogP contribution >= 0.6 is 0 Å². The second kappa shape index (κ2) is 7.84. The summed E-state index contributed by atoms with van der Waals surface area (Å²) in [5.41, 5.74) is 2.93. The lowest BCUT2D eigenvalue weighted by Gasteiger charge is -2.56. The summed E-state index contributed by atoms with van der Waals surface area (Å²) in [6.07, 6.45) is 12.5. The second-order valence-electron chi connectivity index (χ2n) is 10.2. The van der Waals surface area contributed by atoms with Gasteiger partial charge >= 0.3 is 0 Å². The molecule has 1 amide bonds. The molecular weight excluding hydrogens is 400 g/mol. The molecule has 4 aliphatic rings. The molecule has 6 heteroatoms. The zero-order valence-corrected chi connectivity index (χ0v) is 18.2. The van der Waals surface area contributed by atoms with Crippen LogP contribution in [0.3, 0.4) is 0 Å². The first-order valence-corrected chi connectivity index (χ1v) is 11.7. The van der Waals surface area contributed by atoms with E-state index < -0.39 is 0 Å². The number of hydrogen-bond acceptors (Lipinski definition) is 5. The molecule has 0 radical (unpaired) electrons. The molecule has 1 aromatic carbocycles. The molecule has 4 saturated carbocycles. The molecule has 0 spiro atoms. The van der Waals surface area contributed by atoms with Gasteiger partial charge in [0.25, 0.3) is 0 Å². The average Bonchev–Trinajstić information content (AvgIpc) is 3.23. The van der Waals surface area contributed by atoms with Gasteiger partial charge in [0.15, 0.2) is 0 Å². The van der Waals surface area contributed by atoms with E-state index in [9.17, 15) is 4.79 Å². The van der Waals surface area contributed by atoms with Crippen molar-refractivity contribution in [3.8, 4) is 11.4 Å². The van der Waals surface area contributed by atoms with Crippen LogP contribution in [0.5, 0.6) is 0 Å². The highest BCUT2D eigenvalue weighted by Gasteiger charge is 2.51. The average molecular weight is 429 g/mol. The molecule has 4 fully saturated rings. The SMILES string of the molecule is O=C(CC12CC3CC(CC(C3)C1)C2)Nc1ccccc1Cc1nc(-c2ccncc2)no1. The summed E-state index contributed by atoms with van der Waals surface area (Å²) < 4.78 is 5.48. The summed E-state index contributed by atoms with van der Waals surface area (Å²) in [5.74, 6) is 3.78. The van der Waals surface area contributed by atoms with Crippen molar-refractivity contribution >= 4 is 11.6 Å². The lowest BCUT2D eigenvalue weighted by Crippen LogP contribution is -2.47. The monoisotopic (exact) mass is 428 g/mol. The van der Waals surface area contributed by atoms with Gasteiger partial charge in [-0.05, 0) is 85.5 Å². The predicted molar refractivity (Wildman–Crippen MR) is 121 cm³/mol. The van der Waals surface area contributed by atoms with Crippen LogP contribution in [0.2, 0.25) is 0 Å². The molecule has 0 saturated heterocycles. The molecule has 3 aromatic rings. The number of amides is 1. The third-order valence-electron chi connectivity index (χ3n) is 7.74. The second-order valence-corrected chi connectivity index (χ2v) is 10.2. The highest BCUT2D eigenvalue weighted by atomic mass is 16.5. The van der Waals surface area contributed by atoms with Crippen molar-refractivity contribution in [3.05, 3.63) is 60.2 Å². The van der Waals surface area contributed by atoms with Crippen molar-refractivity contribution in [1.82, 2.24) is 15.1 Å². The smallest absolute Gasteiger partial charge is 0.231 e. The van der Waals surface area contributed by atoms with Gasteiger partial charge < -0.3 is 9.84 Å². The number of para-hydroxylation sites is 1. The van der Waals surface area contributed by atoms with Crippen LogP contribution in [-0.2, 0) is 11.2 Å². The van der Waals surface area contributed by atoms with E-state index in [1.807, 2.05) is 36.4 Å². The number of anilines is 1. The maximum atomic E-state index is 13.1. The van der Waals surface area contributed by atoms with Crippen molar-refractivity contribution in [2.75, 3.05) is 5.32 Å². The van der Waals surface area contributed by atoms with Crippen LogP contribution in [0.25, 0.3) is 11.4 Å². The molecule has 2 heterocycles. The standard InChI is InChI=1S/C26H28N4O2/c31-23(16-26-13-17-9-18(14-26)11-19(10-17)15-26)28-22-4-2-1-3-21(22)12-24-29-25(30-32-24)20-5-7-27-8-6-20/h1-8,17-19H,9-16H2,(H,28,31). The Morgan fingerprint density at radius 1 is 1.00 bits per heavy atom. The van der Waals surface area contributed by atoms with Crippen LogP contribution in [0.1, 0.15) is 56.4 Å². The lowest BCUT2D eigenvalue weighted by atomic mass is 9.49. The number of carbonyl (C=O) groups excluding carboxylic acids is 1. The molecule has 0 atom stereocenters. The number of nitrogens with zero attached hydrogens (tertiary/aromatic N) is 3. The summed E-state index contributed by atoms with van der Waals surface area (Å²) in [5, 5.41) is 7.30. The first-order chi connectivity index (χ1) is 15.6. The maximum Gasteiger partial charge on any atom is 0.231 e. The predicted octanol–water partition coefficient (Wildman–Crippen LogP) is 5.27. The quantitative estimate of drug-likeness (QED) is 0.579. The molecule has 0 aliphatic heterocycles. The molecule has 0 unspecified atom stereocenters. The Labute approximate surface area is 187 Å². The van der Waals surface area contributed by atoms with Crippen LogP contribution in [0.15, 0.2) is 53.3 Å². The van der Waals surface area contributed by atoms with E-state index in [1.54, 1.807) is 12.4 Å². The fourth-order valence-electron chi connectivity index (χ4n) is 6.95. The minimum absolute atomic E-state index is 0.141. The highest BCUT2D eigenvalue weighted by molar-refractivity contribution is 5.92. The third-order valence-corrected chi connectivity index (χ3v) is 7.74. The summed E-state index contributed by atoms with van der Waals surface area (Å²) in [7, 11) is 0. The van der Waals surface area contributed by atoms with Gasteiger partial charge in [0.2, 0.25) is 17.6 Å². The van der Waals surface area contributed by atoms with Gasteiger partial charge in [-0.25, -0.2) is 0 Å². The largest absolute Gasteiger partial charge is 0.339 e. The highest BCUT2D eigenvalue weighted by Crippen LogP contribution is 2.61. The van der Waals surface area contributed by atoms with E-state index >= 15 is 0 Å². The third kappa shape index (κ3) is 3.83. The van der Waals surface area contributed by atoms with Crippen LogP contribution in [0.4, 0.5) is 5.69 Å². The fraction of sp³-hybridized carbons (Fsp3) is 0.462. The van der Waals surface area contributed by atoms with Gasteiger partial charge in [-0.3, -0.25) is 9.78 Å². The van der Waals surface area contributed by atoms with Crippen molar-refractivity contribution in [2.45, 2.75) is 51.4 Å². The van der Waals surface area contributed by atoms with Gasteiger partial charge in [0.1, 0.15) is 0 Å². The minimum atomic E-state index is 0.141. The number of benzene rings is 1. The van der Waals surface area contributed by atoms with E-state index in [4.69, 9.17) is 4.52 Å². The van der Waals surface area contributed by atoms with Gasteiger partial charge in [0.05, 0.1) is 6.42 Å². The normalized spacial score (nSPS) is 28.1. The number of aromatic nitrogens is 3. The summed E-state index contributed by atoms with van der Waals surface area (Å²) in [6.45, 7) is 0. The Balaban J connectivity index is 1.15. The van der Waals surface area contributed by atoms with Gasteiger partial charge in [-0.1, -0.05) is 23.4 Å². The van der Waals surface area contributed by atoms with E-state index in [-0.39, 0.29) is 11.3 Å². The Morgan fingerprint density at radius 2 is 1.69 bits per heavy atom. The lowest BCUT2D eigenvalue weighted by molar-refractivity contribution is -0.124. The van der Waals surface area contributed by atoms with E-state index in [0.29, 0.717) is 24.6 Å². The molecule has 164 valence electrons. The van der Waals surface area contributed by atoms with Crippen LogP contribution in [-0.4, -0.2) is 21.0 Å². The van der Waals surface area contributed by atoms with E-state index in [1.165, 1.54) is 38.5 Å². The zero-order valence-electron chi connectivity index (χ0n) is 18.2. The number of carbonyl (C=O) groups is 1. The van der Waals surface area contributed by atoms with E-state index in [0.717, 1.165) is 34.6 Å². The fourth-order valence-corrected chi connectivity index (χ4v) is 6.95. The Hall–Kier alpha value is -3.02. The number of rotatable bonds is 6. The van der Waals surface area contributed by atoms with E-state index in [2.05, 4.69) is 20.4 Å². The van der Waals surface area contributed by atoms with Gasteiger partial charge in [-0.15, -0.1) is 0 Å². The Morgan fingerprint density at radius 3 is 2.41 bits per heavy atom. The molecule has 6 nitrogen and oxygen atoms in total. The first-order valence-electron chi connectivity index (χ1n) is 11.7. The number of pyridine rings is 1. The topological polar surface area (TPSA) is 80.9 Å². The minimum Gasteiger partial charge on any atom is -0.339 e. The summed E-state index contributed by atoms with van der Waals surface area (Å²) in [4.78, 5) is 21.7. The molecule has 4 bridgehead atoms. The summed E-state index contributed by atoms with van der Waals surface area (Å²) >= 11 is 0. The summed E-state index contributed by atoms with van der Waals surface area (Å²) in [6, 6.07) is 11.6. The van der Waals surface area contributed by atoms with Crippen molar-refractivity contribution in [2.24, 2.45) is 23.2 Å². The molecule has 7 rings (SSSR count). The van der Waals surface area contributed by atoms with Crippen LogP contribution < -0.4 is 5.32 Å². The maximum absolute atomic E-state index is 13.1. The molecule has 32 heavy (non-hydrogen) atoms. The molecule has 2 aromatic heterocycles. The number of hydrogen-bond donors (Lipinski definition) is 1. The first kappa shape index (κ1) is 19.6.